The lowest BCUT2D eigenvalue weighted by atomic mass is 9.81. The molecule has 0 bridgehead atoms. The molecule has 4 heterocycles. The van der Waals surface area contributed by atoms with Gasteiger partial charge >= 0.3 is 0 Å². The number of piperidine rings is 2. The van der Waals surface area contributed by atoms with Gasteiger partial charge < -0.3 is 39.1 Å². The highest BCUT2D eigenvalue weighted by Crippen LogP contribution is 2.44. The van der Waals surface area contributed by atoms with Crippen molar-refractivity contribution < 1.29 is 37.2 Å². The Kier molecular flexibility index (Phi) is 9.15. The Morgan fingerprint density at radius 3 is 1.41 bits per heavy atom. The van der Waals surface area contributed by atoms with Gasteiger partial charge in [0.15, 0.2) is 23.0 Å². The molecule has 10 heteroatoms. The molecule has 8 rings (SSSR count). The molecule has 4 atom stereocenters. The first-order chi connectivity index (χ1) is 24.1. The second-order valence-corrected chi connectivity index (χ2v) is 13.2. The number of nitrogens with one attached hydrogen (secondary N) is 2. The van der Waals surface area contributed by atoms with E-state index >= 15 is 0 Å². The van der Waals surface area contributed by atoms with Crippen LogP contribution in [0.3, 0.4) is 0 Å². The quantitative estimate of drug-likeness (QED) is 0.197. The second-order valence-electron chi connectivity index (χ2n) is 13.2. The van der Waals surface area contributed by atoms with E-state index in [0.717, 1.165) is 61.3 Å². The fraction of sp³-hybridized carbons (Fsp3) is 0.385. The van der Waals surface area contributed by atoms with Crippen molar-refractivity contribution in [2.24, 2.45) is 11.8 Å². The third-order valence-electron chi connectivity index (χ3n) is 10.2. The molecule has 0 unspecified atom stereocenters. The van der Waals surface area contributed by atoms with Gasteiger partial charge in [-0.2, -0.15) is 0 Å². The highest BCUT2D eigenvalue weighted by Gasteiger charge is 2.30. The molecule has 0 saturated carbocycles. The summed E-state index contributed by atoms with van der Waals surface area (Å²) in [6, 6.07) is 21.5. The van der Waals surface area contributed by atoms with Crippen LogP contribution in [-0.4, -0.2) is 53.0 Å². The van der Waals surface area contributed by atoms with E-state index in [2.05, 4.69) is 10.6 Å². The van der Waals surface area contributed by atoms with E-state index in [9.17, 15) is 8.78 Å². The fourth-order valence-electron chi connectivity index (χ4n) is 7.57. The van der Waals surface area contributed by atoms with Crippen molar-refractivity contribution in [2.75, 3.05) is 53.0 Å². The van der Waals surface area contributed by atoms with Crippen LogP contribution in [0, 0.1) is 23.5 Å². The topological polar surface area (TPSA) is 79.4 Å². The van der Waals surface area contributed by atoms with Crippen molar-refractivity contribution >= 4 is 0 Å². The molecule has 0 amide bonds. The molecule has 2 N–H and O–H groups in total. The van der Waals surface area contributed by atoms with Gasteiger partial charge in [0.25, 0.3) is 0 Å². The summed E-state index contributed by atoms with van der Waals surface area (Å²) >= 11 is 0. The first-order valence-corrected chi connectivity index (χ1v) is 17.1. The summed E-state index contributed by atoms with van der Waals surface area (Å²) in [6.07, 6.45) is 2.39. The summed E-state index contributed by atoms with van der Waals surface area (Å²) in [7, 11) is 0. The Balaban J connectivity index is 1.04. The molecule has 0 spiro atoms. The van der Waals surface area contributed by atoms with Crippen LogP contribution in [0.15, 0.2) is 72.8 Å². The summed E-state index contributed by atoms with van der Waals surface area (Å²) in [5, 5.41) is 7.01. The maximum Gasteiger partial charge on any atom is 0.231 e. The lowest BCUT2D eigenvalue weighted by Crippen LogP contribution is -2.38. The molecule has 4 aromatic rings. The third kappa shape index (κ3) is 6.98. The van der Waals surface area contributed by atoms with Crippen LogP contribution >= 0.6 is 0 Å². The minimum atomic E-state index is -0.231. The molecule has 2 saturated heterocycles. The predicted molar refractivity (Wildman–Crippen MR) is 179 cm³/mol. The first-order valence-electron chi connectivity index (χ1n) is 17.1. The summed E-state index contributed by atoms with van der Waals surface area (Å²) in [5.74, 6) is 4.49. The summed E-state index contributed by atoms with van der Waals surface area (Å²) in [5.41, 5.74) is 4.11. The number of benzene rings is 4. The zero-order chi connectivity index (χ0) is 33.2. The molecule has 4 aliphatic rings. The monoisotopic (exact) mass is 670 g/mol. The molecular weight excluding hydrogens is 630 g/mol. The largest absolute Gasteiger partial charge is 0.493 e. The smallest absolute Gasteiger partial charge is 0.231 e. The molecule has 4 aromatic carbocycles. The molecule has 8 nitrogen and oxygen atoms in total. The predicted octanol–water partition coefficient (Wildman–Crippen LogP) is 6.56. The van der Waals surface area contributed by atoms with Gasteiger partial charge in [-0.1, -0.05) is 24.3 Å². The van der Waals surface area contributed by atoms with Crippen LogP contribution in [-0.2, 0) is 6.42 Å². The maximum absolute atomic E-state index is 13.7. The molecule has 49 heavy (non-hydrogen) atoms. The summed E-state index contributed by atoms with van der Waals surface area (Å²) in [6.45, 7) is 4.68. The number of hydrogen-bond acceptors (Lipinski definition) is 8. The van der Waals surface area contributed by atoms with Gasteiger partial charge in [0, 0.05) is 54.6 Å². The van der Waals surface area contributed by atoms with E-state index in [4.69, 9.17) is 28.4 Å². The summed E-state index contributed by atoms with van der Waals surface area (Å²) < 4.78 is 63.7. The summed E-state index contributed by atoms with van der Waals surface area (Å²) in [4.78, 5) is 0. The first kappa shape index (κ1) is 31.7. The Bertz CT molecular complexity index is 1640. The average Bonchev–Trinajstić information content (AvgIpc) is 3.79. The standard InChI is InChI=1S/C39H40F2N2O6/c40-30-5-1-24(2-6-30)32-9-11-42-18-28(32)20-44-34-16-38-36(46-22-48-38)14-26(34)13-27-15-37-39(49-23-47-37)17-35(27)45-21-29-19-43-12-10-33(29)25-3-7-31(41)8-4-25/h1-8,14-17,28-29,32-33,42-43H,9-13,18-23H2/t28-,29-,32-,33-/m0/s1. The van der Waals surface area contributed by atoms with Crippen molar-refractivity contribution in [2.45, 2.75) is 31.1 Å². The van der Waals surface area contributed by atoms with Gasteiger partial charge in [-0.05, 0) is 85.3 Å². The van der Waals surface area contributed by atoms with E-state index in [0.29, 0.717) is 54.1 Å². The van der Waals surface area contributed by atoms with E-state index in [-0.39, 0.29) is 48.9 Å². The number of fused-ring (bicyclic) bond motifs is 2. The minimum absolute atomic E-state index is 0.153. The molecule has 0 radical (unpaired) electrons. The van der Waals surface area contributed by atoms with Gasteiger partial charge in [-0.15, -0.1) is 0 Å². The number of hydrogen-bond donors (Lipinski definition) is 2. The number of halogens is 2. The van der Waals surface area contributed by atoms with Crippen LogP contribution in [0.2, 0.25) is 0 Å². The molecule has 4 aliphatic heterocycles. The molecule has 0 aliphatic carbocycles. The van der Waals surface area contributed by atoms with Crippen molar-refractivity contribution in [1.29, 1.82) is 0 Å². The lowest BCUT2D eigenvalue weighted by molar-refractivity contribution is 0.173. The van der Waals surface area contributed by atoms with Crippen molar-refractivity contribution in [3.63, 3.8) is 0 Å². The normalized spacial score (nSPS) is 22.6. The fourth-order valence-corrected chi connectivity index (χ4v) is 7.57. The minimum Gasteiger partial charge on any atom is -0.493 e. The van der Waals surface area contributed by atoms with Gasteiger partial charge in [0.1, 0.15) is 23.1 Å². The van der Waals surface area contributed by atoms with Crippen molar-refractivity contribution in [3.05, 3.63) is 107 Å². The zero-order valence-corrected chi connectivity index (χ0v) is 27.2. The Hall–Kier alpha value is -4.54. The van der Waals surface area contributed by atoms with Gasteiger partial charge in [-0.25, -0.2) is 8.78 Å². The van der Waals surface area contributed by atoms with Crippen LogP contribution in [0.5, 0.6) is 34.5 Å². The van der Waals surface area contributed by atoms with Crippen LogP contribution in [0.4, 0.5) is 8.78 Å². The third-order valence-corrected chi connectivity index (χ3v) is 10.2. The van der Waals surface area contributed by atoms with Gasteiger partial charge in [0.05, 0.1) is 13.2 Å². The van der Waals surface area contributed by atoms with Crippen molar-refractivity contribution in [3.8, 4) is 34.5 Å². The highest BCUT2D eigenvalue weighted by molar-refractivity contribution is 5.57. The number of rotatable bonds is 10. The average molecular weight is 671 g/mol. The van der Waals surface area contributed by atoms with Crippen LogP contribution in [0.25, 0.3) is 0 Å². The molecule has 2 fully saturated rings. The maximum atomic E-state index is 13.7. The SMILES string of the molecule is Fc1ccc([C@@H]2CCNC[C@H]2COc2cc3c(cc2Cc2cc4c(cc2OC[C@@H]2CNCC[C@H]2c2ccc(F)cc2)OCO4)OCO3)cc1. The van der Waals surface area contributed by atoms with Crippen LogP contribution < -0.4 is 39.1 Å². The van der Waals surface area contributed by atoms with Crippen LogP contribution in [0.1, 0.15) is 46.9 Å². The molecule has 256 valence electrons. The van der Waals surface area contributed by atoms with Crippen molar-refractivity contribution in [1.82, 2.24) is 10.6 Å². The Labute approximate surface area is 284 Å². The number of ether oxygens (including phenoxy) is 6. The highest BCUT2D eigenvalue weighted by atomic mass is 19.1. The van der Waals surface area contributed by atoms with E-state index in [1.165, 1.54) is 24.3 Å². The lowest BCUT2D eigenvalue weighted by Gasteiger charge is -2.33. The Morgan fingerprint density at radius 1 is 0.571 bits per heavy atom. The molecular formula is C39H40F2N2O6. The van der Waals surface area contributed by atoms with E-state index in [1.54, 1.807) is 0 Å². The van der Waals surface area contributed by atoms with E-state index < -0.39 is 0 Å². The van der Waals surface area contributed by atoms with Gasteiger partial charge in [-0.3, -0.25) is 0 Å². The molecule has 0 aromatic heterocycles. The Morgan fingerprint density at radius 2 is 0.980 bits per heavy atom. The van der Waals surface area contributed by atoms with Gasteiger partial charge in [0.2, 0.25) is 13.6 Å². The zero-order valence-electron chi connectivity index (χ0n) is 27.2. The van der Waals surface area contributed by atoms with E-state index in [1.807, 2.05) is 48.5 Å². The second kappa shape index (κ2) is 14.1.